The number of hydrogen-bond acceptors (Lipinski definition) is 5. The van der Waals surface area contributed by atoms with E-state index in [4.69, 9.17) is 9.47 Å². The summed E-state index contributed by atoms with van der Waals surface area (Å²) in [5.41, 5.74) is 2.64. The molecule has 5 nitrogen and oxygen atoms in total. The largest absolute Gasteiger partial charge is 0.493 e. The quantitative estimate of drug-likeness (QED) is 0.411. The van der Waals surface area contributed by atoms with Crippen molar-refractivity contribution in [1.82, 2.24) is 9.97 Å². The van der Waals surface area contributed by atoms with E-state index in [1.54, 1.807) is 7.11 Å². The highest BCUT2D eigenvalue weighted by molar-refractivity contribution is 9.10. The average molecular weight is 471 g/mol. The highest BCUT2D eigenvalue weighted by atomic mass is 79.9. The molecule has 0 radical (unpaired) electrons. The highest BCUT2D eigenvalue weighted by Gasteiger charge is 2.17. The minimum Gasteiger partial charge on any atom is -0.493 e. The molecular formula is C22H19BrN2O3S. The topological polar surface area (TPSA) is 64.2 Å². The van der Waals surface area contributed by atoms with E-state index in [0.717, 1.165) is 30.9 Å². The first-order valence-corrected chi connectivity index (χ1v) is 10.6. The average Bonchev–Trinajstić information content (AvgIpc) is 3.01. The maximum atomic E-state index is 12.6. The van der Waals surface area contributed by atoms with Crippen LogP contribution in [0.2, 0.25) is 0 Å². The number of hydrogen-bond donors (Lipinski definition) is 1. The molecule has 7 heteroatoms. The van der Waals surface area contributed by atoms with Gasteiger partial charge in [0.2, 0.25) is 0 Å². The van der Waals surface area contributed by atoms with Gasteiger partial charge >= 0.3 is 0 Å². The van der Waals surface area contributed by atoms with Gasteiger partial charge in [0.25, 0.3) is 5.56 Å². The summed E-state index contributed by atoms with van der Waals surface area (Å²) in [5.74, 6) is 1.67. The van der Waals surface area contributed by atoms with Crippen LogP contribution in [0.1, 0.15) is 16.0 Å². The van der Waals surface area contributed by atoms with Crippen molar-refractivity contribution in [3.05, 3.63) is 73.3 Å². The second-order valence-electron chi connectivity index (χ2n) is 6.64. The number of aromatic nitrogens is 2. The van der Waals surface area contributed by atoms with Crippen LogP contribution in [0.3, 0.4) is 0 Å². The molecule has 4 rings (SSSR count). The van der Waals surface area contributed by atoms with E-state index in [-0.39, 0.29) is 5.56 Å². The molecule has 0 unspecified atom stereocenters. The number of aryl methyl sites for hydroxylation is 2. The number of nitrogens with one attached hydrogen (secondary N) is 1. The van der Waals surface area contributed by atoms with Crippen molar-refractivity contribution in [3.8, 4) is 22.9 Å². The van der Waals surface area contributed by atoms with E-state index in [1.165, 1.54) is 11.3 Å². The molecule has 0 saturated carbocycles. The van der Waals surface area contributed by atoms with Gasteiger partial charge in [-0.15, -0.1) is 11.3 Å². The molecule has 0 bridgehead atoms. The van der Waals surface area contributed by atoms with Gasteiger partial charge in [0, 0.05) is 14.9 Å². The lowest BCUT2D eigenvalue weighted by atomic mass is 10.1. The summed E-state index contributed by atoms with van der Waals surface area (Å²) in [6.45, 7) is 4.37. The van der Waals surface area contributed by atoms with Crippen LogP contribution in [0.4, 0.5) is 0 Å². The lowest BCUT2D eigenvalue weighted by molar-refractivity contribution is 0.284. The zero-order valence-corrected chi connectivity index (χ0v) is 18.6. The minimum absolute atomic E-state index is 0.137. The Morgan fingerprint density at radius 2 is 1.90 bits per heavy atom. The van der Waals surface area contributed by atoms with Crippen molar-refractivity contribution in [3.63, 3.8) is 0 Å². The van der Waals surface area contributed by atoms with Crippen LogP contribution in [0.5, 0.6) is 11.5 Å². The van der Waals surface area contributed by atoms with E-state index >= 15 is 0 Å². The van der Waals surface area contributed by atoms with Crippen molar-refractivity contribution in [2.75, 3.05) is 7.11 Å². The highest BCUT2D eigenvalue weighted by Crippen LogP contribution is 2.38. The Kier molecular flexibility index (Phi) is 5.43. The monoisotopic (exact) mass is 470 g/mol. The molecule has 148 valence electrons. The number of aromatic amines is 1. The summed E-state index contributed by atoms with van der Waals surface area (Å²) in [4.78, 5) is 22.1. The van der Waals surface area contributed by atoms with Gasteiger partial charge in [0.15, 0.2) is 11.5 Å². The normalized spacial score (nSPS) is 11.0. The predicted octanol–water partition coefficient (Wildman–Crippen LogP) is 5.62. The first kappa shape index (κ1) is 19.7. The number of H-pyrrole nitrogens is 1. The Hall–Kier alpha value is -2.64. The lowest BCUT2D eigenvalue weighted by Crippen LogP contribution is -2.09. The Bertz CT molecular complexity index is 1250. The summed E-state index contributed by atoms with van der Waals surface area (Å²) >= 11 is 5.11. The Morgan fingerprint density at radius 1 is 1.14 bits per heavy atom. The molecule has 4 aromatic rings. The Balaban J connectivity index is 1.73. The summed E-state index contributed by atoms with van der Waals surface area (Å²) in [7, 11) is 1.59. The molecule has 0 atom stereocenters. The van der Waals surface area contributed by atoms with Crippen LogP contribution < -0.4 is 15.0 Å². The molecule has 0 aliphatic heterocycles. The number of halogens is 1. The second-order valence-corrected chi connectivity index (χ2v) is 8.69. The molecule has 0 spiro atoms. The van der Waals surface area contributed by atoms with Gasteiger partial charge in [-0.05, 0) is 53.0 Å². The van der Waals surface area contributed by atoms with Crippen LogP contribution in [0, 0.1) is 13.8 Å². The molecule has 0 amide bonds. The summed E-state index contributed by atoms with van der Waals surface area (Å²) in [6, 6.07) is 13.6. The van der Waals surface area contributed by atoms with Gasteiger partial charge in [-0.3, -0.25) is 4.79 Å². The fraction of sp³-hybridized carbons (Fsp3) is 0.182. The van der Waals surface area contributed by atoms with Crippen LogP contribution in [-0.4, -0.2) is 17.1 Å². The third-order valence-corrected chi connectivity index (χ3v) is 6.54. The number of ether oxygens (including phenoxy) is 2. The van der Waals surface area contributed by atoms with Crippen molar-refractivity contribution in [2.45, 2.75) is 20.5 Å². The van der Waals surface area contributed by atoms with Crippen molar-refractivity contribution in [1.29, 1.82) is 0 Å². The van der Waals surface area contributed by atoms with E-state index in [0.29, 0.717) is 29.3 Å². The second kappa shape index (κ2) is 8.00. The van der Waals surface area contributed by atoms with E-state index in [2.05, 4.69) is 25.9 Å². The van der Waals surface area contributed by atoms with Crippen molar-refractivity contribution < 1.29 is 9.47 Å². The fourth-order valence-corrected chi connectivity index (χ4v) is 4.65. The molecule has 0 aliphatic rings. The molecule has 0 saturated heterocycles. The van der Waals surface area contributed by atoms with Gasteiger partial charge < -0.3 is 14.5 Å². The predicted molar refractivity (Wildman–Crippen MR) is 120 cm³/mol. The number of nitrogens with zero attached hydrogens (tertiary/aromatic N) is 1. The van der Waals surface area contributed by atoms with Gasteiger partial charge in [0.1, 0.15) is 17.3 Å². The number of benzene rings is 2. The standard InChI is InChI=1S/C22H19BrN2O3S/c1-12-13(2)29-22-19(12)21(26)24-20(25-22)15-9-17(27-3)18(10-16(15)23)28-11-14-7-5-4-6-8-14/h4-10H,11H2,1-3H3,(H,24,25,26). The zero-order valence-electron chi connectivity index (χ0n) is 16.2. The lowest BCUT2D eigenvalue weighted by Gasteiger charge is -2.14. The van der Waals surface area contributed by atoms with E-state index in [9.17, 15) is 4.79 Å². The molecule has 1 N–H and O–H groups in total. The zero-order chi connectivity index (χ0) is 20.5. The Morgan fingerprint density at radius 3 is 2.62 bits per heavy atom. The summed E-state index contributed by atoms with van der Waals surface area (Å²) in [6.07, 6.45) is 0. The maximum absolute atomic E-state index is 12.6. The maximum Gasteiger partial charge on any atom is 0.260 e. The van der Waals surface area contributed by atoms with Crippen LogP contribution in [0.15, 0.2) is 51.7 Å². The number of thiophene rings is 1. The van der Waals surface area contributed by atoms with Crippen LogP contribution >= 0.6 is 27.3 Å². The number of methoxy groups -OCH3 is 1. The third-order valence-electron chi connectivity index (χ3n) is 4.78. The van der Waals surface area contributed by atoms with Gasteiger partial charge in [-0.1, -0.05) is 30.3 Å². The first-order chi connectivity index (χ1) is 14.0. The SMILES string of the molecule is COc1cc(-c2nc3sc(C)c(C)c3c(=O)[nH]2)c(Br)cc1OCc1ccccc1. The molecule has 0 fully saturated rings. The third kappa shape index (κ3) is 3.80. The van der Waals surface area contributed by atoms with Crippen LogP contribution in [0.25, 0.3) is 21.6 Å². The van der Waals surface area contributed by atoms with Crippen molar-refractivity contribution >= 4 is 37.5 Å². The molecule has 2 aromatic heterocycles. The number of rotatable bonds is 5. The van der Waals surface area contributed by atoms with Gasteiger partial charge in [-0.25, -0.2) is 4.98 Å². The van der Waals surface area contributed by atoms with Gasteiger partial charge in [0.05, 0.1) is 12.5 Å². The van der Waals surface area contributed by atoms with Crippen LogP contribution in [-0.2, 0) is 6.61 Å². The molecule has 2 aromatic carbocycles. The fourth-order valence-electron chi connectivity index (χ4n) is 3.11. The molecular weight excluding hydrogens is 452 g/mol. The summed E-state index contributed by atoms with van der Waals surface area (Å²) < 4.78 is 12.2. The number of fused-ring (bicyclic) bond motifs is 1. The summed E-state index contributed by atoms with van der Waals surface area (Å²) in [5, 5.41) is 0.655. The van der Waals surface area contributed by atoms with E-state index < -0.39 is 0 Å². The smallest absolute Gasteiger partial charge is 0.260 e. The van der Waals surface area contributed by atoms with Crippen molar-refractivity contribution in [2.24, 2.45) is 0 Å². The van der Waals surface area contributed by atoms with E-state index in [1.807, 2.05) is 56.3 Å². The Labute approximate surface area is 180 Å². The molecule has 2 heterocycles. The molecule has 29 heavy (non-hydrogen) atoms. The first-order valence-electron chi connectivity index (χ1n) is 9.02. The van der Waals surface area contributed by atoms with Gasteiger partial charge in [-0.2, -0.15) is 0 Å². The minimum atomic E-state index is -0.137. The molecule has 0 aliphatic carbocycles.